The van der Waals surface area contributed by atoms with Crippen molar-refractivity contribution < 1.29 is 23.9 Å². The zero-order valence-corrected chi connectivity index (χ0v) is 11.3. The number of quaternary nitrogens is 1. The highest BCUT2D eigenvalue weighted by atomic mass is 16.5. The van der Waals surface area contributed by atoms with Gasteiger partial charge < -0.3 is 15.2 Å². The maximum absolute atomic E-state index is 11.6. The van der Waals surface area contributed by atoms with Crippen LogP contribution in [0.3, 0.4) is 0 Å². The standard InChI is InChI=1S/C12H21N3O4/c1-10(2)7-19-8-11(17)13-3-5-15(9-16)6-4-14-12(15)18/h16H,1,3-9H2,2H3,(H-,13,14,17,18)/p+1. The molecule has 1 aliphatic rings. The Morgan fingerprint density at radius 3 is 2.84 bits per heavy atom. The van der Waals surface area contributed by atoms with Gasteiger partial charge in [0.1, 0.15) is 19.7 Å². The number of rotatable bonds is 8. The van der Waals surface area contributed by atoms with Gasteiger partial charge in [0.2, 0.25) is 5.91 Å². The van der Waals surface area contributed by atoms with Gasteiger partial charge in [0.15, 0.2) is 6.73 Å². The Bertz CT molecular complexity index is 359. The summed E-state index contributed by atoms with van der Waals surface area (Å²) in [5.74, 6) is -0.239. The molecule has 3 amide bonds. The zero-order chi connectivity index (χ0) is 14.3. The predicted octanol–water partition coefficient (Wildman–Crippen LogP) is -0.815. The molecule has 1 heterocycles. The fraction of sp³-hybridized carbons (Fsp3) is 0.667. The fourth-order valence-electron chi connectivity index (χ4n) is 1.84. The molecule has 0 aliphatic carbocycles. The molecule has 1 atom stereocenters. The summed E-state index contributed by atoms with van der Waals surface area (Å²) in [5, 5.41) is 14.7. The summed E-state index contributed by atoms with van der Waals surface area (Å²) in [6.45, 7) is 7.33. The van der Waals surface area contributed by atoms with E-state index in [1.54, 1.807) is 0 Å². The van der Waals surface area contributed by atoms with Gasteiger partial charge in [0.05, 0.1) is 19.7 Å². The number of carbonyl (C=O) groups excluding carboxylic acids is 2. The molecule has 0 saturated carbocycles. The normalized spacial score (nSPS) is 22.1. The minimum atomic E-state index is -0.256. The third-order valence-corrected chi connectivity index (χ3v) is 2.96. The topological polar surface area (TPSA) is 87.7 Å². The molecule has 1 fully saturated rings. The lowest BCUT2D eigenvalue weighted by Gasteiger charge is -2.27. The van der Waals surface area contributed by atoms with Crippen LogP contribution in [0.5, 0.6) is 0 Å². The van der Waals surface area contributed by atoms with Crippen LogP contribution in [0.4, 0.5) is 4.79 Å². The Labute approximate surface area is 112 Å². The number of amides is 3. The van der Waals surface area contributed by atoms with Gasteiger partial charge in [-0.05, 0) is 6.92 Å². The summed E-state index contributed by atoms with van der Waals surface area (Å²) in [6, 6.07) is -0.199. The molecular weight excluding hydrogens is 250 g/mol. The van der Waals surface area contributed by atoms with E-state index in [-0.39, 0.29) is 29.8 Å². The molecule has 19 heavy (non-hydrogen) atoms. The zero-order valence-electron chi connectivity index (χ0n) is 11.3. The SMILES string of the molecule is C=C(C)COCC(=O)NCC[N+]1(CO)CCNC1=O. The lowest BCUT2D eigenvalue weighted by Crippen LogP contribution is -2.54. The Balaban J connectivity index is 2.23. The molecule has 0 spiro atoms. The van der Waals surface area contributed by atoms with Crippen molar-refractivity contribution in [3.05, 3.63) is 12.2 Å². The van der Waals surface area contributed by atoms with Crippen LogP contribution in [0.25, 0.3) is 0 Å². The second-order valence-electron chi connectivity index (χ2n) is 4.77. The highest BCUT2D eigenvalue weighted by Gasteiger charge is 2.40. The first-order chi connectivity index (χ1) is 9.00. The lowest BCUT2D eigenvalue weighted by molar-refractivity contribution is -0.859. The average Bonchev–Trinajstić information content (AvgIpc) is 2.71. The van der Waals surface area contributed by atoms with Crippen molar-refractivity contribution in [2.75, 3.05) is 46.1 Å². The first kappa shape index (κ1) is 15.6. The lowest BCUT2D eigenvalue weighted by atomic mass is 10.4. The van der Waals surface area contributed by atoms with Gasteiger partial charge in [-0.25, -0.2) is 9.28 Å². The number of nitrogens with one attached hydrogen (secondary N) is 2. The van der Waals surface area contributed by atoms with Crippen molar-refractivity contribution in [1.29, 1.82) is 0 Å². The van der Waals surface area contributed by atoms with E-state index in [1.165, 1.54) is 0 Å². The molecular formula is C12H22N3O4+. The third-order valence-electron chi connectivity index (χ3n) is 2.96. The van der Waals surface area contributed by atoms with E-state index in [0.717, 1.165) is 5.57 Å². The van der Waals surface area contributed by atoms with Crippen LogP contribution < -0.4 is 10.6 Å². The van der Waals surface area contributed by atoms with E-state index < -0.39 is 0 Å². The summed E-state index contributed by atoms with van der Waals surface area (Å²) >= 11 is 0. The van der Waals surface area contributed by atoms with Crippen LogP contribution >= 0.6 is 0 Å². The van der Waals surface area contributed by atoms with Crippen molar-refractivity contribution in [2.24, 2.45) is 0 Å². The molecule has 7 nitrogen and oxygen atoms in total. The molecule has 1 unspecified atom stereocenters. The van der Waals surface area contributed by atoms with Gasteiger partial charge in [0.25, 0.3) is 0 Å². The van der Waals surface area contributed by atoms with Crippen LogP contribution in [-0.4, -0.2) is 67.7 Å². The molecule has 108 valence electrons. The average molecular weight is 272 g/mol. The highest BCUT2D eigenvalue weighted by Crippen LogP contribution is 2.09. The molecule has 1 aliphatic heterocycles. The number of carbonyl (C=O) groups is 2. The summed E-state index contributed by atoms with van der Waals surface area (Å²) in [6.07, 6.45) is 0. The molecule has 7 heteroatoms. The molecule has 0 radical (unpaired) electrons. The van der Waals surface area contributed by atoms with Gasteiger partial charge in [-0.2, -0.15) is 0 Å². The van der Waals surface area contributed by atoms with Gasteiger partial charge >= 0.3 is 6.03 Å². The van der Waals surface area contributed by atoms with Gasteiger partial charge in [-0.3, -0.25) is 10.1 Å². The van der Waals surface area contributed by atoms with Crippen molar-refractivity contribution in [3.8, 4) is 0 Å². The van der Waals surface area contributed by atoms with Crippen molar-refractivity contribution in [2.45, 2.75) is 6.92 Å². The molecule has 0 aromatic heterocycles. The smallest absolute Gasteiger partial charge is 0.367 e. The predicted molar refractivity (Wildman–Crippen MR) is 69.1 cm³/mol. The van der Waals surface area contributed by atoms with Gasteiger partial charge in [-0.15, -0.1) is 0 Å². The van der Waals surface area contributed by atoms with Crippen LogP contribution in [0.1, 0.15) is 6.92 Å². The minimum absolute atomic E-state index is 0.0296. The monoisotopic (exact) mass is 272 g/mol. The maximum atomic E-state index is 11.6. The van der Waals surface area contributed by atoms with Crippen LogP contribution in [0.15, 0.2) is 12.2 Å². The molecule has 0 aromatic rings. The van der Waals surface area contributed by atoms with Crippen LogP contribution in [0, 0.1) is 0 Å². The highest BCUT2D eigenvalue weighted by molar-refractivity contribution is 5.77. The number of hydrogen-bond donors (Lipinski definition) is 3. The van der Waals surface area contributed by atoms with Crippen molar-refractivity contribution in [3.63, 3.8) is 0 Å². The number of aliphatic hydroxyl groups excluding tert-OH is 1. The number of nitrogens with zero attached hydrogens (tertiary/aromatic N) is 1. The Kier molecular flexibility index (Phi) is 5.94. The van der Waals surface area contributed by atoms with Crippen LogP contribution in [-0.2, 0) is 9.53 Å². The number of hydrogen-bond acceptors (Lipinski definition) is 4. The van der Waals surface area contributed by atoms with Crippen molar-refractivity contribution >= 4 is 11.9 Å². The summed E-state index contributed by atoms with van der Waals surface area (Å²) < 4.78 is 5.06. The van der Waals surface area contributed by atoms with E-state index in [0.29, 0.717) is 32.8 Å². The van der Waals surface area contributed by atoms with E-state index in [9.17, 15) is 14.7 Å². The first-order valence-corrected chi connectivity index (χ1v) is 6.24. The van der Waals surface area contributed by atoms with Gasteiger partial charge in [0, 0.05) is 0 Å². The first-order valence-electron chi connectivity index (χ1n) is 6.24. The van der Waals surface area contributed by atoms with Crippen LogP contribution in [0.2, 0.25) is 0 Å². The fourth-order valence-corrected chi connectivity index (χ4v) is 1.84. The van der Waals surface area contributed by atoms with E-state index in [4.69, 9.17) is 4.74 Å². The number of ether oxygens (including phenoxy) is 1. The Morgan fingerprint density at radius 2 is 2.32 bits per heavy atom. The quantitative estimate of drug-likeness (QED) is 0.398. The second kappa shape index (κ2) is 7.22. The van der Waals surface area contributed by atoms with E-state index >= 15 is 0 Å². The molecule has 0 bridgehead atoms. The number of urea groups is 1. The summed E-state index contributed by atoms with van der Waals surface area (Å²) in [7, 11) is 0. The minimum Gasteiger partial charge on any atom is -0.367 e. The maximum Gasteiger partial charge on any atom is 0.418 e. The molecule has 3 N–H and O–H groups in total. The van der Waals surface area contributed by atoms with Crippen molar-refractivity contribution in [1.82, 2.24) is 10.6 Å². The second-order valence-corrected chi connectivity index (χ2v) is 4.77. The Hall–Kier alpha value is -1.44. The number of aliphatic hydroxyl groups is 1. The summed E-state index contributed by atoms with van der Waals surface area (Å²) in [5.41, 5.74) is 0.853. The molecule has 1 rings (SSSR count). The van der Waals surface area contributed by atoms with E-state index in [2.05, 4.69) is 17.2 Å². The molecule has 0 aromatic carbocycles. The third kappa shape index (κ3) is 4.62. The van der Waals surface area contributed by atoms with E-state index in [1.807, 2.05) is 6.92 Å². The largest absolute Gasteiger partial charge is 0.418 e. The summed E-state index contributed by atoms with van der Waals surface area (Å²) in [4.78, 5) is 23.0. The Morgan fingerprint density at radius 1 is 1.58 bits per heavy atom. The molecule has 1 saturated heterocycles. The van der Waals surface area contributed by atoms with Gasteiger partial charge in [-0.1, -0.05) is 12.2 Å².